The number of aryl methyl sites for hydroxylation is 1. The average molecular weight is 387 g/mol. The van der Waals surface area contributed by atoms with Crippen LogP contribution in [-0.2, 0) is 4.74 Å². The van der Waals surface area contributed by atoms with Crippen molar-refractivity contribution < 1.29 is 14.3 Å². The molecule has 0 aliphatic carbocycles. The molecule has 144 valence electrons. The van der Waals surface area contributed by atoms with Crippen LogP contribution in [0.4, 0.5) is 17.2 Å². The number of methoxy groups -OCH3 is 1. The summed E-state index contributed by atoms with van der Waals surface area (Å²) in [6.45, 7) is 1.66. The number of esters is 1. The van der Waals surface area contributed by atoms with Gasteiger partial charge in [0, 0.05) is 11.8 Å². The smallest absolute Gasteiger partial charge is 0.339 e. The Hall–Kier alpha value is -4.25. The first-order valence-corrected chi connectivity index (χ1v) is 8.61. The number of carbonyl (C=O) groups excluding carboxylic acids is 2. The molecule has 0 aliphatic rings. The van der Waals surface area contributed by atoms with Gasteiger partial charge in [0.1, 0.15) is 17.3 Å². The topological polar surface area (TPSA) is 117 Å². The molecule has 1 heterocycles. The lowest BCUT2D eigenvalue weighted by Gasteiger charge is -2.12. The number of ether oxygens (including phenoxy) is 1. The molecule has 3 aromatic rings. The molecule has 2 N–H and O–H groups in total. The van der Waals surface area contributed by atoms with E-state index in [2.05, 4.69) is 20.6 Å². The highest BCUT2D eigenvalue weighted by Crippen LogP contribution is 2.21. The third kappa shape index (κ3) is 4.73. The van der Waals surface area contributed by atoms with E-state index >= 15 is 0 Å². The fourth-order valence-electron chi connectivity index (χ4n) is 2.59. The molecule has 2 aromatic carbocycles. The van der Waals surface area contributed by atoms with Crippen LogP contribution < -0.4 is 10.6 Å². The van der Waals surface area contributed by atoms with Gasteiger partial charge in [0.25, 0.3) is 5.91 Å². The van der Waals surface area contributed by atoms with Gasteiger partial charge in [0.15, 0.2) is 0 Å². The van der Waals surface area contributed by atoms with Crippen LogP contribution in [-0.4, -0.2) is 29.0 Å². The van der Waals surface area contributed by atoms with E-state index in [4.69, 9.17) is 10.00 Å². The molecule has 29 heavy (non-hydrogen) atoms. The molecule has 0 radical (unpaired) electrons. The number of anilines is 3. The van der Waals surface area contributed by atoms with Crippen LogP contribution in [0.25, 0.3) is 0 Å². The van der Waals surface area contributed by atoms with Crippen molar-refractivity contribution in [1.29, 1.82) is 5.26 Å². The summed E-state index contributed by atoms with van der Waals surface area (Å²) in [4.78, 5) is 33.0. The molecule has 0 atom stereocenters. The van der Waals surface area contributed by atoms with Crippen LogP contribution in [0.5, 0.6) is 0 Å². The van der Waals surface area contributed by atoms with Gasteiger partial charge in [-0.2, -0.15) is 5.26 Å². The zero-order chi connectivity index (χ0) is 20.8. The number of nitrogens with zero attached hydrogens (tertiary/aromatic N) is 3. The van der Waals surface area contributed by atoms with Crippen molar-refractivity contribution >= 4 is 29.1 Å². The fourth-order valence-corrected chi connectivity index (χ4v) is 2.59. The van der Waals surface area contributed by atoms with Gasteiger partial charge in [-0.1, -0.05) is 12.1 Å². The number of para-hydroxylation sites is 1. The normalized spacial score (nSPS) is 9.97. The maximum absolute atomic E-state index is 12.6. The molecule has 0 spiro atoms. The number of hydrogen-bond acceptors (Lipinski definition) is 7. The SMILES string of the molecule is COC(=O)c1ccccc1Nc1cc(C(=O)Nc2ccc(C#N)cc2)nc(C)n1. The minimum Gasteiger partial charge on any atom is -0.465 e. The molecular weight excluding hydrogens is 370 g/mol. The third-order valence-electron chi connectivity index (χ3n) is 3.94. The predicted molar refractivity (Wildman–Crippen MR) is 107 cm³/mol. The fraction of sp³-hybridized carbons (Fsp3) is 0.0952. The number of nitriles is 1. The highest BCUT2D eigenvalue weighted by molar-refractivity contribution is 6.03. The molecule has 0 fully saturated rings. The van der Waals surface area contributed by atoms with Gasteiger partial charge in [-0.05, 0) is 43.3 Å². The van der Waals surface area contributed by atoms with Gasteiger partial charge in [0.2, 0.25) is 0 Å². The summed E-state index contributed by atoms with van der Waals surface area (Å²) >= 11 is 0. The molecular formula is C21H17N5O3. The lowest BCUT2D eigenvalue weighted by atomic mass is 10.2. The van der Waals surface area contributed by atoms with Gasteiger partial charge < -0.3 is 15.4 Å². The van der Waals surface area contributed by atoms with Gasteiger partial charge in [-0.3, -0.25) is 4.79 Å². The van der Waals surface area contributed by atoms with E-state index in [1.807, 2.05) is 6.07 Å². The number of aromatic nitrogens is 2. The van der Waals surface area contributed by atoms with Gasteiger partial charge in [0.05, 0.1) is 30.0 Å². The maximum Gasteiger partial charge on any atom is 0.339 e. The molecule has 8 heteroatoms. The van der Waals surface area contributed by atoms with Crippen molar-refractivity contribution in [2.24, 2.45) is 0 Å². The zero-order valence-electron chi connectivity index (χ0n) is 15.8. The first kappa shape index (κ1) is 19.5. The molecule has 0 saturated carbocycles. The second-order valence-corrected chi connectivity index (χ2v) is 5.99. The van der Waals surface area contributed by atoms with E-state index in [-0.39, 0.29) is 5.69 Å². The summed E-state index contributed by atoms with van der Waals surface area (Å²) in [5.74, 6) is -0.170. The highest BCUT2D eigenvalue weighted by atomic mass is 16.5. The Balaban J connectivity index is 1.84. The number of amides is 1. The second-order valence-electron chi connectivity index (χ2n) is 5.99. The van der Waals surface area contributed by atoms with E-state index in [1.54, 1.807) is 55.5 Å². The Bertz CT molecular complexity index is 1100. The number of benzene rings is 2. The summed E-state index contributed by atoms with van der Waals surface area (Å²) in [6, 6.07) is 16.8. The first-order valence-electron chi connectivity index (χ1n) is 8.61. The summed E-state index contributed by atoms with van der Waals surface area (Å²) < 4.78 is 4.79. The van der Waals surface area contributed by atoms with Crippen molar-refractivity contribution in [2.45, 2.75) is 6.92 Å². The quantitative estimate of drug-likeness (QED) is 0.644. The molecule has 0 bridgehead atoms. The first-order chi connectivity index (χ1) is 14.0. The predicted octanol–water partition coefficient (Wildman–Crippen LogP) is 3.44. The highest BCUT2D eigenvalue weighted by Gasteiger charge is 2.14. The summed E-state index contributed by atoms with van der Waals surface area (Å²) in [7, 11) is 1.31. The van der Waals surface area contributed by atoms with Crippen LogP contribution in [0.15, 0.2) is 54.6 Å². The van der Waals surface area contributed by atoms with E-state index in [0.29, 0.717) is 34.1 Å². The second kappa shape index (κ2) is 8.63. The number of hydrogen-bond donors (Lipinski definition) is 2. The van der Waals surface area contributed by atoms with Crippen LogP contribution in [0, 0.1) is 18.3 Å². The maximum atomic E-state index is 12.6. The summed E-state index contributed by atoms with van der Waals surface area (Å²) in [5.41, 5.74) is 2.03. The van der Waals surface area contributed by atoms with Gasteiger partial charge in [-0.15, -0.1) is 0 Å². The van der Waals surface area contributed by atoms with Crippen LogP contribution in [0.3, 0.4) is 0 Å². The average Bonchev–Trinajstić information content (AvgIpc) is 2.73. The molecule has 3 rings (SSSR count). The number of nitrogens with one attached hydrogen (secondary N) is 2. The van der Waals surface area contributed by atoms with Crippen LogP contribution in [0.2, 0.25) is 0 Å². The van der Waals surface area contributed by atoms with Gasteiger partial charge in [-0.25, -0.2) is 14.8 Å². The Labute approximate surface area is 167 Å². The van der Waals surface area contributed by atoms with Crippen molar-refractivity contribution in [1.82, 2.24) is 9.97 Å². The molecule has 0 unspecified atom stereocenters. The molecule has 0 saturated heterocycles. The number of carbonyl (C=O) groups is 2. The van der Waals surface area contributed by atoms with Crippen molar-refractivity contribution in [2.75, 3.05) is 17.7 Å². The Kier molecular flexibility index (Phi) is 5.80. The van der Waals surface area contributed by atoms with Crippen molar-refractivity contribution in [3.63, 3.8) is 0 Å². The minimum absolute atomic E-state index is 0.153. The monoisotopic (exact) mass is 387 g/mol. The zero-order valence-corrected chi connectivity index (χ0v) is 15.8. The Morgan fingerprint density at radius 3 is 2.48 bits per heavy atom. The van der Waals surface area contributed by atoms with Crippen LogP contribution >= 0.6 is 0 Å². The van der Waals surface area contributed by atoms with Gasteiger partial charge >= 0.3 is 5.97 Å². The third-order valence-corrected chi connectivity index (χ3v) is 3.94. The minimum atomic E-state index is -0.488. The van der Waals surface area contributed by atoms with E-state index in [0.717, 1.165) is 0 Å². The lowest BCUT2D eigenvalue weighted by molar-refractivity contribution is 0.0601. The molecule has 0 aliphatic heterocycles. The van der Waals surface area contributed by atoms with E-state index < -0.39 is 11.9 Å². The molecule has 1 amide bonds. The standard InChI is InChI=1S/C21H17N5O3/c1-13-23-18(20(27)25-15-9-7-14(12-22)8-10-15)11-19(24-13)26-17-6-4-3-5-16(17)21(28)29-2/h3-11H,1-2H3,(H,25,27)(H,23,24,26). The summed E-state index contributed by atoms with van der Waals surface area (Å²) in [5, 5.41) is 14.6. The van der Waals surface area contributed by atoms with Crippen LogP contribution in [0.1, 0.15) is 32.2 Å². The van der Waals surface area contributed by atoms with Crippen molar-refractivity contribution in [3.8, 4) is 6.07 Å². The molecule has 1 aromatic heterocycles. The van der Waals surface area contributed by atoms with Crippen molar-refractivity contribution in [3.05, 3.63) is 77.2 Å². The van der Waals surface area contributed by atoms with E-state index in [1.165, 1.54) is 13.2 Å². The Morgan fingerprint density at radius 1 is 1.07 bits per heavy atom. The lowest BCUT2D eigenvalue weighted by Crippen LogP contribution is -2.15. The largest absolute Gasteiger partial charge is 0.465 e. The number of rotatable bonds is 5. The molecule has 8 nitrogen and oxygen atoms in total. The summed E-state index contributed by atoms with van der Waals surface area (Å²) in [6.07, 6.45) is 0. The van der Waals surface area contributed by atoms with E-state index in [9.17, 15) is 9.59 Å². The Morgan fingerprint density at radius 2 is 1.79 bits per heavy atom.